The summed E-state index contributed by atoms with van der Waals surface area (Å²) >= 11 is 0. The zero-order valence-electron chi connectivity index (χ0n) is 15.0. The summed E-state index contributed by atoms with van der Waals surface area (Å²) in [4.78, 5) is 16.8. The first-order valence-electron chi connectivity index (χ1n) is 9.33. The second kappa shape index (κ2) is 7.27. The van der Waals surface area contributed by atoms with Crippen LogP contribution in [0.4, 0.5) is 0 Å². The normalized spacial score (nSPS) is 15.9. The molecule has 6 heteroatoms. The van der Waals surface area contributed by atoms with Crippen LogP contribution >= 0.6 is 0 Å². The van der Waals surface area contributed by atoms with E-state index in [4.69, 9.17) is 0 Å². The van der Waals surface area contributed by atoms with Crippen LogP contribution in [0.15, 0.2) is 64.4 Å². The Morgan fingerprint density at radius 1 is 1.00 bits per heavy atom. The van der Waals surface area contributed by atoms with Crippen molar-refractivity contribution in [1.29, 1.82) is 0 Å². The van der Waals surface area contributed by atoms with Crippen molar-refractivity contribution in [2.75, 3.05) is 0 Å². The number of nitrogens with zero attached hydrogens (tertiary/aromatic N) is 2. The van der Waals surface area contributed by atoms with E-state index in [9.17, 15) is 13.2 Å². The van der Waals surface area contributed by atoms with Crippen molar-refractivity contribution >= 4 is 15.5 Å². The molecule has 0 atom stereocenters. The van der Waals surface area contributed by atoms with E-state index < -0.39 is 9.84 Å². The zero-order valence-corrected chi connectivity index (χ0v) is 15.9. The first-order chi connectivity index (χ1) is 13.0. The lowest BCUT2D eigenvalue weighted by Gasteiger charge is -2.22. The SMILES string of the molecule is O=c1cc(CS(=O)(=O)c2ccc(C3CCCCC3)cc2)nc2ccccn12. The maximum absolute atomic E-state index is 12.8. The van der Waals surface area contributed by atoms with Crippen LogP contribution in [-0.4, -0.2) is 17.8 Å². The van der Waals surface area contributed by atoms with Crippen molar-refractivity contribution in [1.82, 2.24) is 9.38 Å². The van der Waals surface area contributed by atoms with Gasteiger partial charge in [0.1, 0.15) is 5.65 Å². The highest BCUT2D eigenvalue weighted by Crippen LogP contribution is 2.33. The maximum atomic E-state index is 12.8. The third-order valence-corrected chi connectivity index (χ3v) is 6.94. The summed E-state index contributed by atoms with van der Waals surface area (Å²) in [6, 6.07) is 13.7. The molecule has 0 spiro atoms. The Bertz CT molecular complexity index is 1110. The van der Waals surface area contributed by atoms with E-state index in [1.807, 2.05) is 12.1 Å². The molecule has 0 saturated heterocycles. The van der Waals surface area contributed by atoms with Crippen molar-refractivity contribution in [2.45, 2.75) is 48.7 Å². The monoisotopic (exact) mass is 382 g/mol. The fraction of sp³-hybridized carbons (Fsp3) is 0.333. The van der Waals surface area contributed by atoms with Gasteiger partial charge in [-0.2, -0.15) is 0 Å². The number of benzene rings is 1. The first-order valence-corrected chi connectivity index (χ1v) is 11.0. The molecule has 140 valence electrons. The number of hydrogen-bond acceptors (Lipinski definition) is 4. The zero-order chi connectivity index (χ0) is 18.9. The molecule has 3 aromatic rings. The summed E-state index contributed by atoms with van der Waals surface area (Å²) in [5, 5.41) is 0. The fourth-order valence-corrected chi connectivity index (χ4v) is 5.09. The molecule has 1 aromatic carbocycles. The van der Waals surface area contributed by atoms with Gasteiger partial charge in [-0.25, -0.2) is 13.4 Å². The third-order valence-electron chi connectivity index (χ3n) is 5.28. The molecule has 0 aliphatic heterocycles. The molecule has 2 heterocycles. The summed E-state index contributed by atoms with van der Waals surface area (Å²) in [6.45, 7) is 0. The molecule has 4 rings (SSSR count). The summed E-state index contributed by atoms with van der Waals surface area (Å²) in [6.07, 6.45) is 7.75. The van der Waals surface area contributed by atoms with Crippen molar-refractivity contribution in [3.8, 4) is 0 Å². The van der Waals surface area contributed by atoms with E-state index in [-0.39, 0.29) is 21.9 Å². The number of hydrogen-bond donors (Lipinski definition) is 0. The molecule has 0 bridgehead atoms. The van der Waals surface area contributed by atoms with Crippen LogP contribution in [-0.2, 0) is 15.6 Å². The van der Waals surface area contributed by atoms with E-state index in [1.54, 1.807) is 36.5 Å². The van der Waals surface area contributed by atoms with Crippen LogP contribution in [0.2, 0.25) is 0 Å². The van der Waals surface area contributed by atoms with Gasteiger partial charge in [0.2, 0.25) is 0 Å². The summed E-state index contributed by atoms with van der Waals surface area (Å²) < 4.78 is 27.0. The molecule has 1 saturated carbocycles. The van der Waals surface area contributed by atoms with Crippen LogP contribution < -0.4 is 5.56 Å². The number of pyridine rings is 1. The van der Waals surface area contributed by atoms with Gasteiger partial charge >= 0.3 is 0 Å². The Morgan fingerprint density at radius 3 is 2.48 bits per heavy atom. The number of rotatable bonds is 4. The minimum absolute atomic E-state index is 0.266. The Morgan fingerprint density at radius 2 is 1.74 bits per heavy atom. The highest BCUT2D eigenvalue weighted by atomic mass is 32.2. The lowest BCUT2D eigenvalue weighted by Crippen LogP contribution is -2.17. The highest BCUT2D eigenvalue weighted by Gasteiger charge is 2.19. The van der Waals surface area contributed by atoms with Gasteiger partial charge in [-0.15, -0.1) is 0 Å². The minimum atomic E-state index is -3.56. The van der Waals surface area contributed by atoms with Gasteiger partial charge in [0.05, 0.1) is 16.3 Å². The molecule has 0 radical (unpaired) electrons. The molecule has 0 unspecified atom stereocenters. The molecular formula is C21H22N2O3S. The molecular weight excluding hydrogens is 360 g/mol. The Balaban J connectivity index is 1.59. The molecule has 5 nitrogen and oxygen atoms in total. The summed E-state index contributed by atoms with van der Waals surface area (Å²) in [5.41, 5.74) is 1.65. The smallest absolute Gasteiger partial charge is 0.258 e. The van der Waals surface area contributed by atoms with Crippen molar-refractivity contribution in [2.24, 2.45) is 0 Å². The maximum Gasteiger partial charge on any atom is 0.258 e. The summed E-state index contributed by atoms with van der Waals surface area (Å²) in [7, 11) is -3.56. The van der Waals surface area contributed by atoms with Gasteiger partial charge in [-0.05, 0) is 48.6 Å². The van der Waals surface area contributed by atoms with Gasteiger partial charge in [0.25, 0.3) is 5.56 Å². The highest BCUT2D eigenvalue weighted by molar-refractivity contribution is 7.90. The number of fused-ring (bicyclic) bond motifs is 1. The van der Waals surface area contributed by atoms with Gasteiger partial charge in [-0.3, -0.25) is 9.20 Å². The standard InChI is InChI=1S/C21H22N2O3S/c24-21-14-18(22-20-8-4-5-13-23(20)21)15-27(25,26)19-11-9-17(10-12-19)16-6-2-1-3-7-16/h4-5,8-14,16H,1-3,6-7,15H2. The Kier molecular flexibility index (Phi) is 4.83. The van der Waals surface area contributed by atoms with Crippen LogP contribution in [0.3, 0.4) is 0 Å². The van der Waals surface area contributed by atoms with Crippen molar-refractivity contribution < 1.29 is 8.42 Å². The van der Waals surface area contributed by atoms with Crippen LogP contribution in [0.5, 0.6) is 0 Å². The second-order valence-electron chi connectivity index (χ2n) is 7.18. The van der Waals surface area contributed by atoms with E-state index >= 15 is 0 Å². The lowest BCUT2D eigenvalue weighted by molar-refractivity contribution is 0.443. The van der Waals surface area contributed by atoms with E-state index in [0.717, 1.165) is 0 Å². The molecule has 1 aliphatic rings. The third kappa shape index (κ3) is 3.81. The fourth-order valence-electron chi connectivity index (χ4n) is 3.84. The Hall–Kier alpha value is -2.47. The van der Waals surface area contributed by atoms with Gasteiger partial charge in [0.15, 0.2) is 9.84 Å². The van der Waals surface area contributed by atoms with E-state index in [1.165, 1.54) is 48.1 Å². The molecule has 0 amide bonds. The molecule has 1 fully saturated rings. The predicted molar refractivity (Wildman–Crippen MR) is 105 cm³/mol. The molecule has 2 aromatic heterocycles. The predicted octanol–water partition coefficient (Wildman–Crippen LogP) is 3.72. The van der Waals surface area contributed by atoms with Crippen LogP contribution in [0.1, 0.15) is 49.3 Å². The van der Waals surface area contributed by atoms with Gasteiger partial charge in [-0.1, -0.05) is 37.5 Å². The number of aromatic nitrogens is 2. The molecule has 0 N–H and O–H groups in total. The average Bonchev–Trinajstić information content (AvgIpc) is 2.68. The molecule has 27 heavy (non-hydrogen) atoms. The Labute approximate surface area is 158 Å². The summed E-state index contributed by atoms with van der Waals surface area (Å²) in [5.74, 6) is 0.258. The number of sulfone groups is 1. The van der Waals surface area contributed by atoms with Crippen LogP contribution in [0.25, 0.3) is 5.65 Å². The van der Waals surface area contributed by atoms with Crippen molar-refractivity contribution in [3.63, 3.8) is 0 Å². The lowest BCUT2D eigenvalue weighted by atomic mass is 9.84. The van der Waals surface area contributed by atoms with E-state index in [0.29, 0.717) is 11.6 Å². The van der Waals surface area contributed by atoms with Gasteiger partial charge < -0.3 is 0 Å². The second-order valence-corrected chi connectivity index (χ2v) is 9.17. The average molecular weight is 382 g/mol. The van der Waals surface area contributed by atoms with E-state index in [2.05, 4.69) is 4.98 Å². The molecule has 1 aliphatic carbocycles. The first kappa shape index (κ1) is 17.9. The van der Waals surface area contributed by atoms with Crippen LogP contribution in [0, 0.1) is 0 Å². The van der Waals surface area contributed by atoms with Crippen molar-refractivity contribution in [3.05, 3.63) is 76.3 Å². The largest absolute Gasteiger partial charge is 0.269 e. The topological polar surface area (TPSA) is 68.5 Å². The van der Waals surface area contributed by atoms with Gasteiger partial charge in [0, 0.05) is 12.3 Å². The minimum Gasteiger partial charge on any atom is -0.269 e. The quantitative estimate of drug-likeness (QED) is 0.690.